The second-order valence-corrected chi connectivity index (χ2v) is 11.9. The van der Waals surface area contributed by atoms with Gasteiger partial charge in [-0.05, 0) is 81.3 Å². The van der Waals surface area contributed by atoms with E-state index >= 15 is 0 Å². The Bertz CT molecular complexity index is 1200. The van der Waals surface area contributed by atoms with E-state index in [1.807, 2.05) is 25.4 Å². The Balaban J connectivity index is 1.30. The lowest BCUT2D eigenvalue weighted by Crippen LogP contribution is -2.45. The van der Waals surface area contributed by atoms with Crippen LogP contribution in [0.25, 0.3) is 10.9 Å². The first-order chi connectivity index (χ1) is 17.6. The maximum absolute atomic E-state index is 13.5. The molecule has 0 bridgehead atoms. The predicted molar refractivity (Wildman–Crippen MR) is 137 cm³/mol. The van der Waals surface area contributed by atoms with Crippen molar-refractivity contribution in [1.82, 2.24) is 14.9 Å². The maximum Gasteiger partial charge on any atom is 0.391 e. The van der Waals surface area contributed by atoms with Crippen LogP contribution in [0, 0.1) is 23.7 Å². The van der Waals surface area contributed by atoms with Crippen molar-refractivity contribution >= 4 is 16.8 Å². The molecule has 0 radical (unpaired) electrons. The van der Waals surface area contributed by atoms with Gasteiger partial charge in [0, 0.05) is 41.8 Å². The monoisotopic (exact) mass is 517 g/mol. The molecule has 202 valence electrons. The van der Waals surface area contributed by atoms with Gasteiger partial charge < -0.3 is 9.88 Å². The Hall–Kier alpha value is -2.38. The van der Waals surface area contributed by atoms with Crippen LogP contribution in [0.15, 0.2) is 23.1 Å². The van der Waals surface area contributed by atoms with Gasteiger partial charge >= 0.3 is 6.18 Å². The van der Waals surface area contributed by atoms with Crippen LogP contribution >= 0.6 is 0 Å². The molecular formula is C29H38F3N3O2. The minimum atomic E-state index is -4.24. The first kappa shape index (κ1) is 26.2. The van der Waals surface area contributed by atoms with Gasteiger partial charge in [-0.2, -0.15) is 13.2 Å². The Morgan fingerprint density at radius 1 is 1.11 bits per heavy atom. The fourth-order valence-electron chi connectivity index (χ4n) is 6.52. The van der Waals surface area contributed by atoms with Gasteiger partial charge in [-0.1, -0.05) is 26.2 Å². The molecule has 0 spiro atoms. The number of halogens is 3. The van der Waals surface area contributed by atoms with Crippen molar-refractivity contribution in [2.24, 2.45) is 30.7 Å². The molecule has 0 saturated heterocycles. The lowest BCUT2D eigenvalue weighted by molar-refractivity contribution is -0.186. The third-order valence-electron chi connectivity index (χ3n) is 9.15. The van der Waals surface area contributed by atoms with Crippen LogP contribution in [0.5, 0.6) is 0 Å². The molecule has 37 heavy (non-hydrogen) atoms. The molecule has 3 saturated carbocycles. The Morgan fingerprint density at radius 3 is 2.62 bits per heavy atom. The lowest BCUT2D eigenvalue weighted by atomic mass is 9.74. The SMILES string of the molecule is CC1CCC(NC(=O)C2CCCC(C(F)(F)F)C2)CC1c1cc2cnc(CCC3CC3)cc2n(C)c1=O. The number of hydrogen-bond acceptors (Lipinski definition) is 3. The summed E-state index contributed by atoms with van der Waals surface area (Å²) in [4.78, 5) is 31.1. The smallest absolute Gasteiger partial charge is 0.353 e. The van der Waals surface area contributed by atoms with E-state index in [0.29, 0.717) is 19.3 Å². The summed E-state index contributed by atoms with van der Waals surface area (Å²) in [6.45, 7) is 2.14. The number of carbonyl (C=O) groups is 1. The maximum atomic E-state index is 13.5. The van der Waals surface area contributed by atoms with Gasteiger partial charge in [0.1, 0.15) is 0 Å². The number of alkyl halides is 3. The van der Waals surface area contributed by atoms with Gasteiger partial charge in [-0.15, -0.1) is 0 Å². The van der Waals surface area contributed by atoms with Gasteiger partial charge in [-0.3, -0.25) is 14.6 Å². The number of aromatic nitrogens is 2. The molecule has 1 amide bonds. The third-order valence-corrected chi connectivity index (χ3v) is 9.15. The quantitative estimate of drug-likeness (QED) is 0.509. The Kier molecular flexibility index (Phi) is 7.38. The molecule has 2 aromatic heterocycles. The van der Waals surface area contributed by atoms with E-state index in [9.17, 15) is 22.8 Å². The van der Waals surface area contributed by atoms with Gasteiger partial charge in [0.05, 0.1) is 11.4 Å². The highest BCUT2D eigenvalue weighted by atomic mass is 19.4. The number of pyridine rings is 2. The Labute approximate surface area is 216 Å². The summed E-state index contributed by atoms with van der Waals surface area (Å²) in [5, 5.41) is 4.00. The van der Waals surface area contributed by atoms with Crippen molar-refractivity contribution in [3.63, 3.8) is 0 Å². The molecule has 2 aromatic rings. The topological polar surface area (TPSA) is 64.0 Å². The molecule has 3 fully saturated rings. The molecule has 8 heteroatoms. The number of nitrogens with zero attached hydrogens (tertiary/aromatic N) is 2. The highest BCUT2D eigenvalue weighted by Crippen LogP contribution is 2.41. The normalized spacial score (nSPS) is 28.8. The Morgan fingerprint density at radius 2 is 1.89 bits per heavy atom. The number of nitrogens with one attached hydrogen (secondary N) is 1. The molecule has 5 nitrogen and oxygen atoms in total. The van der Waals surface area contributed by atoms with Crippen LogP contribution in [-0.4, -0.2) is 27.7 Å². The zero-order valence-corrected chi connectivity index (χ0v) is 21.8. The second kappa shape index (κ2) is 10.4. The van der Waals surface area contributed by atoms with Crippen molar-refractivity contribution in [3.05, 3.63) is 39.9 Å². The molecule has 5 atom stereocenters. The molecule has 0 aliphatic heterocycles. The van der Waals surface area contributed by atoms with E-state index in [2.05, 4.69) is 17.2 Å². The van der Waals surface area contributed by atoms with Crippen LogP contribution in [0.1, 0.15) is 88.3 Å². The number of amides is 1. The largest absolute Gasteiger partial charge is 0.391 e. The summed E-state index contributed by atoms with van der Waals surface area (Å²) in [6.07, 6.45) is 5.50. The van der Waals surface area contributed by atoms with Crippen molar-refractivity contribution in [2.45, 2.75) is 95.7 Å². The van der Waals surface area contributed by atoms with Crippen LogP contribution in [0.4, 0.5) is 13.2 Å². The third kappa shape index (κ3) is 5.88. The number of hydrogen-bond donors (Lipinski definition) is 1. The first-order valence-corrected chi connectivity index (χ1v) is 14.0. The number of carbonyl (C=O) groups excluding carboxylic acids is 1. The zero-order valence-electron chi connectivity index (χ0n) is 21.8. The number of rotatable bonds is 6. The summed E-state index contributed by atoms with van der Waals surface area (Å²) < 4.78 is 41.4. The van der Waals surface area contributed by atoms with Crippen LogP contribution in [-0.2, 0) is 18.3 Å². The van der Waals surface area contributed by atoms with E-state index in [0.717, 1.165) is 53.8 Å². The molecule has 0 aromatic carbocycles. The van der Waals surface area contributed by atoms with Crippen molar-refractivity contribution in [1.29, 1.82) is 0 Å². The van der Waals surface area contributed by atoms with E-state index in [1.165, 1.54) is 12.8 Å². The molecule has 3 aliphatic rings. The van der Waals surface area contributed by atoms with Crippen LogP contribution in [0.3, 0.4) is 0 Å². The predicted octanol–water partition coefficient (Wildman–Crippen LogP) is 6.03. The van der Waals surface area contributed by atoms with Gasteiger partial charge in [0.2, 0.25) is 5.91 Å². The van der Waals surface area contributed by atoms with E-state index in [1.54, 1.807) is 4.57 Å². The van der Waals surface area contributed by atoms with Gasteiger partial charge in [0.15, 0.2) is 0 Å². The first-order valence-electron chi connectivity index (χ1n) is 14.0. The summed E-state index contributed by atoms with van der Waals surface area (Å²) in [5.41, 5.74) is 2.63. The number of aryl methyl sites for hydroxylation is 2. The highest BCUT2D eigenvalue weighted by molar-refractivity contribution is 5.80. The van der Waals surface area contributed by atoms with Crippen molar-refractivity contribution in [2.75, 3.05) is 0 Å². The lowest BCUT2D eigenvalue weighted by Gasteiger charge is -2.36. The summed E-state index contributed by atoms with van der Waals surface area (Å²) >= 11 is 0. The van der Waals surface area contributed by atoms with Gasteiger partial charge in [-0.25, -0.2) is 0 Å². The fourth-order valence-corrected chi connectivity index (χ4v) is 6.52. The van der Waals surface area contributed by atoms with Gasteiger partial charge in [0.25, 0.3) is 5.56 Å². The minimum Gasteiger partial charge on any atom is -0.353 e. The molecule has 1 N–H and O–H groups in total. The average molecular weight is 518 g/mol. The minimum absolute atomic E-state index is 0.0176. The zero-order chi connectivity index (χ0) is 26.3. The van der Waals surface area contributed by atoms with E-state index in [4.69, 9.17) is 0 Å². The van der Waals surface area contributed by atoms with Crippen molar-refractivity contribution < 1.29 is 18.0 Å². The second-order valence-electron chi connectivity index (χ2n) is 11.9. The number of fused-ring (bicyclic) bond motifs is 1. The summed E-state index contributed by atoms with van der Waals surface area (Å²) in [5.74, 6) is -1.17. The van der Waals surface area contributed by atoms with E-state index in [-0.39, 0.29) is 42.2 Å². The van der Waals surface area contributed by atoms with Crippen LogP contribution < -0.4 is 10.9 Å². The average Bonchev–Trinajstić information content (AvgIpc) is 3.70. The summed E-state index contributed by atoms with van der Waals surface area (Å²) in [7, 11) is 1.81. The molecular weight excluding hydrogens is 479 g/mol. The fraction of sp³-hybridized carbons (Fsp3) is 0.690. The van der Waals surface area contributed by atoms with Crippen LogP contribution in [0.2, 0.25) is 0 Å². The van der Waals surface area contributed by atoms with Crippen molar-refractivity contribution in [3.8, 4) is 0 Å². The molecule has 3 aliphatic carbocycles. The standard InChI is InChI=1S/C29H38F3N3O2/c1-17-6-10-23(34-27(36)19-4-3-5-21(12-19)29(30,31)32)14-24(17)25-13-20-16-33-22(11-9-18-7-8-18)15-26(20)35(2)28(25)37/h13,15-19,21,23-24H,3-12,14H2,1-2H3,(H,34,36). The highest BCUT2D eigenvalue weighted by Gasteiger charge is 2.44. The molecule has 5 rings (SSSR count). The van der Waals surface area contributed by atoms with E-state index < -0.39 is 18.0 Å². The molecule has 2 heterocycles. The summed E-state index contributed by atoms with van der Waals surface area (Å²) in [6, 6.07) is 3.87. The molecule has 5 unspecified atom stereocenters.